The summed E-state index contributed by atoms with van der Waals surface area (Å²) < 4.78 is 243. The van der Waals surface area contributed by atoms with Crippen molar-refractivity contribution in [2.75, 3.05) is 0 Å². The molecule has 0 amide bonds. The fourth-order valence-electron chi connectivity index (χ4n) is 1.58. The fraction of sp³-hybridized carbons (Fsp3) is 0.909. The molecule has 0 aromatic carbocycles. The normalized spacial score (nSPS) is 16.5. The molecule has 0 unspecified atom stereocenters. The van der Waals surface area contributed by atoms with Crippen molar-refractivity contribution in [3.05, 3.63) is 0 Å². The van der Waals surface area contributed by atoms with Crippen LogP contribution in [-0.2, 0) is 4.79 Å². The van der Waals surface area contributed by atoms with Gasteiger partial charge >= 0.3 is 53.6 Å². The van der Waals surface area contributed by atoms with Gasteiger partial charge in [0.25, 0.3) is 0 Å². The molecule has 0 fully saturated rings. The Labute approximate surface area is 156 Å². The van der Waals surface area contributed by atoms with Gasteiger partial charge in [-0.3, -0.25) is 4.79 Å². The summed E-state index contributed by atoms with van der Waals surface area (Å²) in [5.41, 5.74) is 0. The molecule has 0 bridgehead atoms. The summed E-state index contributed by atoms with van der Waals surface area (Å²) in [5, 5.41) is 0. The number of hydrogen-bond acceptors (Lipinski definition) is 1. The van der Waals surface area contributed by atoms with Crippen LogP contribution < -0.4 is 0 Å². The zero-order chi connectivity index (χ0) is 26.1. The van der Waals surface area contributed by atoms with E-state index in [9.17, 15) is 88.2 Å². The summed E-state index contributed by atoms with van der Waals surface area (Å²) >= 11 is 0. The summed E-state index contributed by atoms with van der Waals surface area (Å²) in [7, 11) is 0. The highest BCUT2D eigenvalue weighted by Crippen LogP contribution is 2.65. The van der Waals surface area contributed by atoms with Crippen molar-refractivity contribution in [3.63, 3.8) is 0 Å². The second-order valence-corrected chi connectivity index (χ2v) is 5.65. The number of ketones is 1. The van der Waals surface area contributed by atoms with Crippen molar-refractivity contribution in [1.82, 2.24) is 0 Å². The summed E-state index contributed by atoms with van der Waals surface area (Å²) in [6.45, 7) is -0.729. The van der Waals surface area contributed by atoms with E-state index >= 15 is 0 Å². The second kappa shape index (κ2) is 6.92. The van der Waals surface area contributed by atoms with Gasteiger partial charge in [-0.25, -0.2) is 0 Å². The predicted octanol–water partition coefficient (Wildman–Crippen LogP) is 6.22. The molecule has 0 aliphatic rings. The van der Waals surface area contributed by atoms with Crippen LogP contribution >= 0.6 is 0 Å². The van der Waals surface area contributed by atoms with Gasteiger partial charge in [-0.1, -0.05) is 0 Å². The first-order chi connectivity index (χ1) is 12.9. The molecule has 0 atom stereocenters. The third-order valence-corrected chi connectivity index (χ3v) is 3.56. The molecule has 0 saturated carbocycles. The van der Waals surface area contributed by atoms with Crippen molar-refractivity contribution in [1.29, 1.82) is 0 Å². The van der Waals surface area contributed by atoms with Gasteiger partial charge in [-0.05, 0) is 0 Å². The SMILES string of the molecule is CC(=O)C(F)(F)C(F)(F)C(F)(F)C(F)(F)C(F)(F)C(F)(F)C(F)(F)C(F)(F)C(F)(F)F. The van der Waals surface area contributed by atoms with Crippen molar-refractivity contribution >= 4 is 5.78 Å². The molecule has 0 saturated heterocycles. The zero-order valence-corrected chi connectivity index (χ0v) is 13.6. The molecule has 0 aliphatic carbocycles. The van der Waals surface area contributed by atoms with Gasteiger partial charge in [0.15, 0.2) is 0 Å². The Hall–Kier alpha value is -1.66. The van der Waals surface area contributed by atoms with Crippen LogP contribution in [0, 0.1) is 0 Å². The number of carbonyl (C=O) groups excluding carboxylic acids is 1. The maximum Gasteiger partial charge on any atom is 0.460 e. The summed E-state index contributed by atoms with van der Waals surface area (Å²) in [4.78, 5) is 10.2. The van der Waals surface area contributed by atoms with Crippen LogP contribution in [0.5, 0.6) is 0 Å². The zero-order valence-electron chi connectivity index (χ0n) is 13.6. The van der Waals surface area contributed by atoms with Crippen LogP contribution in [0.2, 0.25) is 0 Å². The summed E-state index contributed by atoms with van der Waals surface area (Å²) in [6, 6.07) is 0. The number of Topliss-reactive ketones (excluding diaryl/α,β-unsaturated/α-hetero) is 1. The molecule has 31 heavy (non-hydrogen) atoms. The Kier molecular flexibility index (Phi) is 6.55. The molecule has 0 spiro atoms. The third kappa shape index (κ3) is 3.37. The molecular weight excluding hydrogens is 509 g/mol. The van der Waals surface area contributed by atoms with E-state index in [-0.39, 0.29) is 0 Å². The number of halogens is 19. The van der Waals surface area contributed by atoms with Gasteiger partial charge in [0.1, 0.15) is 0 Å². The van der Waals surface area contributed by atoms with E-state index in [4.69, 9.17) is 0 Å². The first-order valence-electron chi connectivity index (χ1n) is 6.54. The molecule has 0 radical (unpaired) electrons. The van der Waals surface area contributed by atoms with Crippen LogP contribution in [-0.4, -0.2) is 59.3 Å². The minimum atomic E-state index is -8.97. The van der Waals surface area contributed by atoms with Crippen molar-refractivity contribution in [3.8, 4) is 0 Å². The van der Waals surface area contributed by atoms with Gasteiger partial charge in [0, 0.05) is 6.92 Å². The molecular formula is C11H3F19O. The first-order valence-corrected chi connectivity index (χ1v) is 6.54. The van der Waals surface area contributed by atoms with Crippen molar-refractivity contribution in [2.24, 2.45) is 0 Å². The molecule has 186 valence electrons. The minimum absolute atomic E-state index is 0.729. The Morgan fingerprint density at radius 2 is 0.581 bits per heavy atom. The third-order valence-electron chi connectivity index (χ3n) is 3.56. The van der Waals surface area contributed by atoms with E-state index in [1.54, 1.807) is 0 Å². The smallest absolute Gasteiger partial charge is 0.293 e. The number of alkyl halides is 19. The van der Waals surface area contributed by atoms with E-state index in [0.29, 0.717) is 0 Å². The highest BCUT2D eigenvalue weighted by Gasteiger charge is 2.96. The molecule has 0 heterocycles. The van der Waals surface area contributed by atoms with E-state index in [0.717, 1.165) is 0 Å². The average Bonchev–Trinajstić information content (AvgIpc) is 2.52. The lowest BCUT2D eigenvalue weighted by Crippen LogP contribution is -2.76. The maximum atomic E-state index is 13.2. The standard InChI is InChI=1S/C11H3F19O/c1-2(31)3(12,13)4(14,15)5(16,17)6(18,19)7(20,21)8(22,23)9(24,25)10(26,27)11(28,29)30/h1H3. The Morgan fingerprint density at radius 1 is 0.387 bits per heavy atom. The molecule has 20 heteroatoms. The highest BCUT2D eigenvalue weighted by atomic mass is 19.4. The Morgan fingerprint density at radius 3 is 0.774 bits per heavy atom. The van der Waals surface area contributed by atoms with Gasteiger partial charge in [0.05, 0.1) is 0 Å². The quantitative estimate of drug-likeness (QED) is 0.353. The van der Waals surface area contributed by atoms with Crippen LogP contribution in [0.1, 0.15) is 6.92 Å². The Balaban J connectivity index is 6.95. The maximum absolute atomic E-state index is 13.2. The first kappa shape index (κ1) is 29.3. The number of hydrogen-bond donors (Lipinski definition) is 0. The molecule has 0 aromatic heterocycles. The lowest BCUT2D eigenvalue weighted by molar-refractivity contribution is -0.467. The van der Waals surface area contributed by atoms with Crippen LogP contribution in [0.4, 0.5) is 83.4 Å². The average molecular weight is 512 g/mol. The van der Waals surface area contributed by atoms with Crippen molar-refractivity contribution < 1.29 is 88.2 Å². The second-order valence-electron chi connectivity index (χ2n) is 5.65. The number of carbonyl (C=O) groups is 1. The predicted molar refractivity (Wildman–Crippen MR) is 56.3 cm³/mol. The van der Waals surface area contributed by atoms with Gasteiger partial charge in [0.2, 0.25) is 5.78 Å². The van der Waals surface area contributed by atoms with Gasteiger partial charge < -0.3 is 0 Å². The largest absolute Gasteiger partial charge is 0.460 e. The lowest BCUT2D eigenvalue weighted by Gasteiger charge is -2.43. The number of rotatable bonds is 8. The van der Waals surface area contributed by atoms with E-state index in [2.05, 4.69) is 0 Å². The van der Waals surface area contributed by atoms with Gasteiger partial charge in [-0.2, -0.15) is 83.4 Å². The molecule has 0 aliphatic heterocycles. The Bertz CT molecular complexity index is 698. The van der Waals surface area contributed by atoms with Crippen LogP contribution in [0.25, 0.3) is 0 Å². The van der Waals surface area contributed by atoms with E-state index in [1.165, 1.54) is 0 Å². The van der Waals surface area contributed by atoms with Crippen LogP contribution in [0.15, 0.2) is 0 Å². The topological polar surface area (TPSA) is 17.1 Å². The monoisotopic (exact) mass is 512 g/mol. The summed E-state index contributed by atoms with van der Waals surface area (Å²) in [6.07, 6.45) is -7.92. The molecule has 0 aromatic rings. The molecule has 1 nitrogen and oxygen atoms in total. The van der Waals surface area contributed by atoms with Crippen LogP contribution in [0.3, 0.4) is 0 Å². The van der Waals surface area contributed by atoms with E-state index < -0.39 is 66.3 Å². The fourth-order valence-corrected chi connectivity index (χ4v) is 1.58. The molecule has 0 rings (SSSR count). The molecule has 0 N–H and O–H groups in total. The highest BCUT2D eigenvalue weighted by molar-refractivity contribution is 5.84. The van der Waals surface area contributed by atoms with E-state index in [1.807, 2.05) is 0 Å². The lowest BCUT2D eigenvalue weighted by atomic mass is 9.87. The summed E-state index contributed by atoms with van der Waals surface area (Å²) in [5.74, 6) is -71.1. The minimum Gasteiger partial charge on any atom is -0.293 e. The van der Waals surface area contributed by atoms with Gasteiger partial charge in [-0.15, -0.1) is 0 Å². The van der Waals surface area contributed by atoms with Crippen molar-refractivity contribution in [2.45, 2.75) is 60.5 Å².